The van der Waals surface area contributed by atoms with E-state index in [1.54, 1.807) is 11.0 Å². The molecule has 2 unspecified atom stereocenters. The molecule has 1 aliphatic heterocycles. The quantitative estimate of drug-likeness (QED) is 0.798. The Hall–Kier alpha value is -1.14. The molecule has 1 aromatic heterocycles. The first kappa shape index (κ1) is 11.9. The second-order valence-electron chi connectivity index (χ2n) is 5.15. The molecular weight excluding hydrogens is 232 g/mol. The van der Waals surface area contributed by atoms with E-state index < -0.39 is 0 Å². The molecule has 2 heterocycles. The Bertz CT molecular complexity index is 391. The summed E-state index contributed by atoms with van der Waals surface area (Å²) in [6.07, 6.45) is 6.98. The molecule has 0 spiro atoms. The molecule has 6 heteroatoms. The summed E-state index contributed by atoms with van der Waals surface area (Å²) in [6.45, 7) is 1.52. The van der Waals surface area contributed by atoms with Gasteiger partial charge in [0.25, 0.3) is 0 Å². The Kier molecular flexibility index (Phi) is 3.47. The monoisotopic (exact) mass is 252 g/mol. The van der Waals surface area contributed by atoms with Crippen molar-refractivity contribution in [1.29, 1.82) is 0 Å². The fourth-order valence-corrected chi connectivity index (χ4v) is 2.19. The number of ether oxygens (including phenoxy) is 2. The minimum Gasteiger partial charge on any atom is -0.460 e. The van der Waals surface area contributed by atoms with Gasteiger partial charge in [-0.2, -0.15) is 4.98 Å². The largest absolute Gasteiger partial charge is 0.460 e. The number of rotatable bonds is 6. The molecule has 2 aliphatic rings. The van der Waals surface area contributed by atoms with Crippen molar-refractivity contribution in [1.82, 2.24) is 20.1 Å². The van der Waals surface area contributed by atoms with E-state index in [1.807, 2.05) is 7.05 Å². The zero-order valence-electron chi connectivity index (χ0n) is 10.7. The minimum atomic E-state index is 0.180. The van der Waals surface area contributed by atoms with Crippen LogP contribution in [0.25, 0.3) is 0 Å². The fraction of sp³-hybridized carbons (Fsp3) is 0.833. The molecule has 1 N–H and O–H groups in total. The van der Waals surface area contributed by atoms with Crippen LogP contribution in [0.5, 0.6) is 6.01 Å². The van der Waals surface area contributed by atoms with Crippen LogP contribution in [-0.4, -0.2) is 46.2 Å². The van der Waals surface area contributed by atoms with E-state index in [0.717, 1.165) is 25.4 Å². The number of aryl methyl sites for hydroxylation is 1. The van der Waals surface area contributed by atoms with Crippen molar-refractivity contribution in [3.8, 4) is 6.01 Å². The van der Waals surface area contributed by atoms with Gasteiger partial charge in [0.15, 0.2) is 0 Å². The van der Waals surface area contributed by atoms with Crippen LogP contribution in [-0.2, 0) is 11.8 Å². The molecule has 18 heavy (non-hydrogen) atoms. The molecule has 1 saturated carbocycles. The second-order valence-corrected chi connectivity index (χ2v) is 5.15. The molecule has 0 bridgehead atoms. The maximum Gasteiger partial charge on any atom is 0.335 e. The second kappa shape index (κ2) is 5.24. The summed E-state index contributed by atoms with van der Waals surface area (Å²) in [5, 5.41) is 7.58. The minimum absolute atomic E-state index is 0.180. The average molecular weight is 252 g/mol. The first-order valence-electron chi connectivity index (χ1n) is 6.67. The van der Waals surface area contributed by atoms with Gasteiger partial charge in [0.2, 0.25) is 0 Å². The van der Waals surface area contributed by atoms with Crippen molar-refractivity contribution in [3.63, 3.8) is 0 Å². The summed E-state index contributed by atoms with van der Waals surface area (Å²) in [4.78, 5) is 4.03. The summed E-state index contributed by atoms with van der Waals surface area (Å²) in [5.74, 6) is 0. The van der Waals surface area contributed by atoms with E-state index in [0.29, 0.717) is 18.7 Å². The highest BCUT2D eigenvalue weighted by Crippen LogP contribution is 2.22. The van der Waals surface area contributed by atoms with Crippen molar-refractivity contribution in [2.75, 3.05) is 13.2 Å². The van der Waals surface area contributed by atoms with Gasteiger partial charge in [-0.15, -0.1) is 5.10 Å². The molecule has 2 atom stereocenters. The van der Waals surface area contributed by atoms with Gasteiger partial charge in [-0.05, 0) is 25.7 Å². The van der Waals surface area contributed by atoms with E-state index in [1.165, 1.54) is 12.8 Å². The van der Waals surface area contributed by atoms with Crippen molar-refractivity contribution in [2.24, 2.45) is 7.05 Å². The lowest BCUT2D eigenvalue weighted by atomic mass is 10.2. The summed E-state index contributed by atoms with van der Waals surface area (Å²) >= 11 is 0. The Morgan fingerprint density at radius 3 is 2.94 bits per heavy atom. The third-order valence-electron chi connectivity index (χ3n) is 3.38. The number of nitrogens with zero attached hydrogens (tertiary/aromatic N) is 3. The molecule has 0 amide bonds. The summed E-state index contributed by atoms with van der Waals surface area (Å²) < 4.78 is 13.1. The van der Waals surface area contributed by atoms with Gasteiger partial charge in [-0.3, -0.25) is 4.68 Å². The molecule has 6 nitrogen and oxygen atoms in total. The van der Waals surface area contributed by atoms with Gasteiger partial charge in [-0.1, -0.05) is 0 Å². The topological polar surface area (TPSA) is 61.2 Å². The Balaban J connectivity index is 1.36. The highest BCUT2D eigenvalue weighted by molar-refractivity contribution is 4.88. The van der Waals surface area contributed by atoms with E-state index in [4.69, 9.17) is 9.47 Å². The van der Waals surface area contributed by atoms with Crippen LogP contribution in [0.4, 0.5) is 0 Å². The predicted molar refractivity (Wildman–Crippen MR) is 65.4 cm³/mol. The summed E-state index contributed by atoms with van der Waals surface area (Å²) in [7, 11) is 1.82. The third kappa shape index (κ3) is 3.20. The number of aromatic nitrogens is 3. The lowest BCUT2D eigenvalue weighted by molar-refractivity contribution is 0.0164. The smallest absolute Gasteiger partial charge is 0.335 e. The van der Waals surface area contributed by atoms with E-state index >= 15 is 0 Å². The lowest BCUT2D eigenvalue weighted by Crippen LogP contribution is -2.29. The summed E-state index contributed by atoms with van der Waals surface area (Å²) in [6, 6.07) is 1.18. The Morgan fingerprint density at radius 1 is 1.39 bits per heavy atom. The molecule has 2 fully saturated rings. The first-order chi connectivity index (χ1) is 8.79. The number of hydrogen-bond acceptors (Lipinski definition) is 5. The highest BCUT2D eigenvalue weighted by atomic mass is 16.5. The van der Waals surface area contributed by atoms with Gasteiger partial charge >= 0.3 is 6.01 Å². The van der Waals surface area contributed by atoms with Gasteiger partial charge < -0.3 is 14.8 Å². The van der Waals surface area contributed by atoms with E-state index in [2.05, 4.69) is 15.4 Å². The van der Waals surface area contributed by atoms with Crippen molar-refractivity contribution >= 4 is 0 Å². The number of hydrogen-bond donors (Lipinski definition) is 1. The van der Waals surface area contributed by atoms with Crippen LogP contribution in [0.15, 0.2) is 6.33 Å². The predicted octanol–water partition coefficient (Wildman–Crippen LogP) is 0.493. The third-order valence-corrected chi connectivity index (χ3v) is 3.38. The molecule has 1 aromatic rings. The SMILES string of the molecule is Cn1cnc(OCC2CCC(CNC3CC3)O2)n1. The van der Waals surface area contributed by atoms with Crippen molar-refractivity contribution in [3.05, 3.63) is 6.33 Å². The zero-order chi connectivity index (χ0) is 12.4. The lowest BCUT2D eigenvalue weighted by Gasteiger charge is -2.13. The molecular formula is C12H20N4O2. The average Bonchev–Trinajstić information content (AvgIpc) is 2.93. The number of nitrogens with one attached hydrogen (secondary N) is 1. The molecule has 3 rings (SSSR count). The van der Waals surface area contributed by atoms with Gasteiger partial charge in [0.05, 0.1) is 12.2 Å². The fourth-order valence-electron chi connectivity index (χ4n) is 2.19. The Labute approximate surface area is 107 Å². The van der Waals surface area contributed by atoms with Crippen LogP contribution in [0.2, 0.25) is 0 Å². The van der Waals surface area contributed by atoms with E-state index in [9.17, 15) is 0 Å². The zero-order valence-corrected chi connectivity index (χ0v) is 10.7. The standard InChI is InChI=1S/C12H20N4O2/c1-16-8-14-12(15-16)17-7-11-5-4-10(18-11)6-13-9-2-3-9/h8-11,13H,2-7H2,1H3. The normalized spacial score (nSPS) is 27.6. The van der Waals surface area contributed by atoms with Crippen LogP contribution in [0, 0.1) is 0 Å². The maximum atomic E-state index is 5.92. The molecule has 100 valence electrons. The highest BCUT2D eigenvalue weighted by Gasteiger charge is 2.28. The van der Waals surface area contributed by atoms with Crippen LogP contribution >= 0.6 is 0 Å². The van der Waals surface area contributed by atoms with Crippen molar-refractivity contribution < 1.29 is 9.47 Å². The molecule has 0 radical (unpaired) electrons. The van der Waals surface area contributed by atoms with Gasteiger partial charge in [0, 0.05) is 19.6 Å². The maximum absolute atomic E-state index is 5.92. The molecule has 0 aromatic carbocycles. The van der Waals surface area contributed by atoms with Crippen LogP contribution < -0.4 is 10.1 Å². The van der Waals surface area contributed by atoms with Gasteiger partial charge in [-0.25, -0.2) is 0 Å². The van der Waals surface area contributed by atoms with Crippen molar-refractivity contribution in [2.45, 2.75) is 43.9 Å². The Morgan fingerprint density at radius 2 is 2.22 bits per heavy atom. The first-order valence-corrected chi connectivity index (χ1v) is 6.67. The van der Waals surface area contributed by atoms with Crippen LogP contribution in [0.1, 0.15) is 25.7 Å². The summed E-state index contributed by atoms with van der Waals surface area (Å²) in [5.41, 5.74) is 0. The van der Waals surface area contributed by atoms with Gasteiger partial charge in [0.1, 0.15) is 12.9 Å². The molecule has 1 saturated heterocycles. The molecule has 1 aliphatic carbocycles. The van der Waals surface area contributed by atoms with Crippen LogP contribution in [0.3, 0.4) is 0 Å². The van der Waals surface area contributed by atoms with E-state index in [-0.39, 0.29) is 6.10 Å².